The van der Waals surface area contributed by atoms with Gasteiger partial charge in [0.25, 0.3) is 0 Å². The van der Waals surface area contributed by atoms with Crippen molar-refractivity contribution in [3.05, 3.63) is 82.8 Å². The van der Waals surface area contributed by atoms with E-state index >= 15 is 0 Å². The van der Waals surface area contributed by atoms with Crippen LogP contribution in [0, 0.1) is 0 Å². The molecule has 4 aromatic rings. The van der Waals surface area contributed by atoms with Gasteiger partial charge in [0.15, 0.2) is 0 Å². The third-order valence-electron chi connectivity index (χ3n) is 5.86. The van der Waals surface area contributed by atoms with Crippen molar-refractivity contribution in [1.82, 2.24) is 20.2 Å². The zero-order chi connectivity index (χ0) is 22.5. The Morgan fingerprint density at radius 2 is 1.85 bits per heavy atom. The van der Waals surface area contributed by atoms with E-state index in [1.54, 1.807) is 22.7 Å². The van der Waals surface area contributed by atoms with Crippen molar-refractivity contribution < 1.29 is 4.79 Å². The minimum Gasteiger partial charge on any atom is -0.353 e. The lowest BCUT2D eigenvalue weighted by atomic mass is 10.0. The number of carbonyl (C=O) groups excluding carboxylic acids is 1. The number of pyridine rings is 1. The van der Waals surface area contributed by atoms with Crippen LogP contribution in [0.15, 0.2) is 72.2 Å². The van der Waals surface area contributed by atoms with Crippen LogP contribution in [0.4, 0.5) is 0 Å². The predicted molar refractivity (Wildman–Crippen MR) is 135 cm³/mol. The zero-order valence-electron chi connectivity index (χ0n) is 18.3. The number of carbonyl (C=O) groups is 1. The Morgan fingerprint density at radius 1 is 1.03 bits per heavy atom. The van der Waals surface area contributed by atoms with Gasteiger partial charge in [-0.05, 0) is 36.4 Å². The SMILES string of the molecule is O=C(Cc1sc(-c2ccccc2)nc1-c1cccs1)NC1CCN(Cc2ccccn2)CC1. The van der Waals surface area contributed by atoms with Crippen molar-refractivity contribution in [2.45, 2.75) is 31.8 Å². The molecule has 0 unspecified atom stereocenters. The van der Waals surface area contributed by atoms with E-state index in [4.69, 9.17) is 4.98 Å². The number of aromatic nitrogens is 2. The fraction of sp³-hybridized carbons (Fsp3) is 0.269. The van der Waals surface area contributed by atoms with Crippen LogP contribution >= 0.6 is 22.7 Å². The molecule has 1 saturated heterocycles. The summed E-state index contributed by atoms with van der Waals surface area (Å²) in [7, 11) is 0. The molecule has 0 atom stereocenters. The molecule has 168 valence electrons. The number of rotatable bonds is 7. The minimum atomic E-state index is 0.0826. The number of hydrogen-bond donors (Lipinski definition) is 1. The molecular formula is C26H26N4OS2. The standard InChI is InChI=1S/C26H26N4OS2/c31-24(28-20-11-14-30(15-12-20)18-21-9-4-5-13-27-21)17-23-25(22-10-6-16-32-22)29-26(33-23)19-7-2-1-3-8-19/h1-10,13,16,20H,11-12,14-15,17-18H2,(H,28,31). The molecule has 0 saturated carbocycles. The van der Waals surface area contributed by atoms with Gasteiger partial charge in [-0.25, -0.2) is 4.98 Å². The lowest BCUT2D eigenvalue weighted by Crippen LogP contribution is -2.44. The Balaban J connectivity index is 1.21. The second-order valence-corrected chi connectivity index (χ2v) is 10.3. The smallest absolute Gasteiger partial charge is 0.225 e. The molecule has 1 fully saturated rings. The second-order valence-electron chi connectivity index (χ2n) is 8.25. The molecule has 1 amide bonds. The summed E-state index contributed by atoms with van der Waals surface area (Å²) in [4.78, 5) is 26.9. The third kappa shape index (κ3) is 5.55. The minimum absolute atomic E-state index is 0.0826. The maximum atomic E-state index is 13.0. The van der Waals surface area contributed by atoms with Crippen molar-refractivity contribution in [3.63, 3.8) is 0 Å². The lowest BCUT2D eigenvalue weighted by molar-refractivity contribution is -0.121. The highest BCUT2D eigenvalue weighted by atomic mass is 32.1. The number of likely N-dealkylation sites (tertiary alicyclic amines) is 1. The topological polar surface area (TPSA) is 58.1 Å². The fourth-order valence-electron chi connectivity index (χ4n) is 4.16. The Labute approximate surface area is 202 Å². The van der Waals surface area contributed by atoms with Crippen molar-refractivity contribution >= 4 is 28.6 Å². The third-order valence-corrected chi connectivity index (χ3v) is 7.84. The molecule has 1 aliphatic heterocycles. The van der Waals surface area contributed by atoms with Gasteiger partial charge in [0.1, 0.15) is 5.01 Å². The summed E-state index contributed by atoms with van der Waals surface area (Å²) in [5.41, 5.74) is 3.13. The molecule has 33 heavy (non-hydrogen) atoms. The molecule has 4 heterocycles. The summed E-state index contributed by atoms with van der Waals surface area (Å²) in [5, 5.41) is 6.29. The quantitative estimate of drug-likeness (QED) is 0.397. The van der Waals surface area contributed by atoms with E-state index in [1.807, 2.05) is 42.6 Å². The average Bonchev–Trinajstić information content (AvgIpc) is 3.52. The van der Waals surface area contributed by atoms with Crippen LogP contribution in [-0.4, -0.2) is 39.9 Å². The number of hydrogen-bond acceptors (Lipinski definition) is 6. The number of amides is 1. The Kier molecular flexibility index (Phi) is 6.90. The van der Waals surface area contributed by atoms with Crippen LogP contribution < -0.4 is 5.32 Å². The lowest BCUT2D eigenvalue weighted by Gasteiger charge is -2.32. The molecule has 0 spiro atoms. The zero-order valence-corrected chi connectivity index (χ0v) is 19.9. The molecule has 5 nitrogen and oxygen atoms in total. The van der Waals surface area contributed by atoms with Gasteiger partial charge in [-0.2, -0.15) is 0 Å². The summed E-state index contributed by atoms with van der Waals surface area (Å²) in [6.07, 6.45) is 4.14. The first-order chi connectivity index (χ1) is 16.2. The molecule has 5 rings (SSSR count). The van der Waals surface area contributed by atoms with E-state index < -0.39 is 0 Å². The largest absolute Gasteiger partial charge is 0.353 e. The van der Waals surface area contributed by atoms with Gasteiger partial charge in [0.05, 0.1) is 22.7 Å². The average molecular weight is 475 g/mol. The summed E-state index contributed by atoms with van der Waals surface area (Å²) in [5.74, 6) is 0.0826. The van der Waals surface area contributed by atoms with Crippen LogP contribution in [0.2, 0.25) is 0 Å². The first kappa shape index (κ1) is 21.9. The van der Waals surface area contributed by atoms with E-state index in [9.17, 15) is 4.79 Å². The van der Waals surface area contributed by atoms with Gasteiger partial charge in [-0.3, -0.25) is 14.7 Å². The van der Waals surface area contributed by atoms with Crippen LogP contribution in [0.3, 0.4) is 0 Å². The maximum absolute atomic E-state index is 13.0. The van der Waals surface area contributed by atoms with Gasteiger partial charge in [0.2, 0.25) is 5.91 Å². The van der Waals surface area contributed by atoms with Gasteiger partial charge in [0, 0.05) is 42.3 Å². The fourth-order valence-corrected chi connectivity index (χ4v) is 6.05. The number of thiazole rings is 1. The highest BCUT2D eigenvalue weighted by molar-refractivity contribution is 7.17. The van der Waals surface area contributed by atoms with E-state index in [1.165, 1.54) is 0 Å². The first-order valence-corrected chi connectivity index (χ1v) is 12.9. The summed E-state index contributed by atoms with van der Waals surface area (Å²) >= 11 is 3.29. The monoisotopic (exact) mass is 474 g/mol. The van der Waals surface area contributed by atoms with Gasteiger partial charge in [-0.1, -0.05) is 42.5 Å². The van der Waals surface area contributed by atoms with Crippen LogP contribution in [0.5, 0.6) is 0 Å². The molecule has 3 aromatic heterocycles. The molecule has 0 radical (unpaired) electrons. The van der Waals surface area contributed by atoms with Gasteiger partial charge >= 0.3 is 0 Å². The molecular weight excluding hydrogens is 448 g/mol. The maximum Gasteiger partial charge on any atom is 0.225 e. The number of nitrogens with zero attached hydrogens (tertiary/aromatic N) is 3. The molecule has 1 aliphatic rings. The Morgan fingerprint density at radius 3 is 2.58 bits per heavy atom. The number of benzene rings is 1. The first-order valence-electron chi connectivity index (χ1n) is 11.3. The number of nitrogens with one attached hydrogen (secondary N) is 1. The molecule has 0 bridgehead atoms. The molecule has 1 N–H and O–H groups in total. The summed E-state index contributed by atoms with van der Waals surface area (Å²) < 4.78 is 0. The van der Waals surface area contributed by atoms with Crippen LogP contribution in [0.1, 0.15) is 23.4 Å². The molecule has 0 aliphatic carbocycles. The van der Waals surface area contributed by atoms with Crippen molar-refractivity contribution in [2.75, 3.05) is 13.1 Å². The summed E-state index contributed by atoms with van der Waals surface area (Å²) in [6, 6.07) is 20.6. The summed E-state index contributed by atoms with van der Waals surface area (Å²) in [6.45, 7) is 2.82. The van der Waals surface area contributed by atoms with E-state index in [-0.39, 0.29) is 11.9 Å². The number of piperidine rings is 1. The van der Waals surface area contributed by atoms with E-state index in [2.05, 4.69) is 44.8 Å². The van der Waals surface area contributed by atoms with E-state index in [0.717, 1.165) is 64.2 Å². The predicted octanol–water partition coefficient (Wildman–Crippen LogP) is 5.26. The Bertz CT molecular complexity index is 1170. The van der Waals surface area contributed by atoms with Crippen LogP contribution in [-0.2, 0) is 17.8 Å². The highest BCUT2D eigenvalue weighted by Gasteiger charge is 2.23. The highest BCUT2D eigenvalue weighted by Crippen LogP contribution is 2.36. The van der Waals surface area contributed by atoms with Crippen molar-refractivity contribution in [1.29, 1.82) is 0 Å². The molecule has 7 heteroatoms. The van der Waals surface area contributed by atoms with Gasteiger partial charge in [-0.15, -0.1) is 22.7 Å². The van der Waals surface area contributed by atoms with Crippen molar-refractivity contribution in [3.8, 4) is 21.1 Å². The number of thiophene rings is 1. The van der Waals surface area contributed by atoms with Gasteiger partial charge < -0.3 is 5.32 Å². The molecule has 1 aromatic carbocycles. The van der Waals surface area contributed by atoms with Crippen LogP contribution in [0.25, 0.3) is 21.1 Å². The Hall–Kier alpha value is -2.87. The van der Waals surface area contributed by atoms with E-state index in [0.29, 0.717) is 6.42 Å². The van der Waals surface area contributed by atoms with Crippen molar-refractivity contribution in [2.24, 2.45) is 0 Å². The second kappa shape index (κ2) is 10.4. The normalized spacial score (nSPS) is 14.9.